The monoisotopic (exact) mass is 315 g/mol. The van der Waals surface area contributed by atoms with Gasteiger partial charge in [0, 0.05) is 12.0 Å². The van der Waals surface area contributed by atoms with Gasteiger partial charge < -0.3 is 14.4 Å². The highest BCUT2D eigenvalue weighted by atomic mass is 16.6. The highest BCUT2D eigenvalue weighted by Crippen LogP contribution is 2.43. The van der Waals surface area contributed by atoms with Crippen LogP contribution in [0.3, 0.4) is 0 Å². The number of amides is 1. The minimum atomic E-state index is -0.386. The van der Waals surface area contributed by atoms with Crippen LogP contribution in [0.1, 0.15) is 18.9 Å². The standard InChI is InChI=1S/C18H21NO4/c1-18-9-8-15(14(10-18)16(20)22-2)19(12-18)17(21)23-11-13-6-4-3-5-7-13/h3-9,14-15H,10-12H2,1-2H3. The van der Waals surface area contributed by atoms with Crippen molar-refractivity contribution in [3.8, 4) is 0 Å². The van der Waals surface area contributed by atoms with Crippen molar-refractivity contribution in [2.75, 3.05) is 13.7 Å². The molecule has 0 aromatic heterocycles. The van der Waals surface area contributed by atoms with Gasteiger partial charge in [0.25, 0.3) is 0 Å². The molecule has 3 aliphatic rings. The van der Waals surface area contributed by atoms with E-state index in [1.165, 1.54) is 7.11 Å². The Bertz CT molecular complexity index is 627. The number of ether oxygens (including phenoxy) is 2. The molecular weight excluding hydrogens is 294 g/mol. The molecule has 1 amide bonds. The quantitative estimate of drug-likeness (QED) is 0.636. The molecule has 0 spiro atoms. The lowest BCUT2D eigenvalue weighted by Crippen LogP contribution is -2.58. The first-order valence-corrected chi connectivity index (χ1v) is 7.77. The molecule has 0 N–H and O–H groups in total. The number of nitrogens with zero attached hydrogens (tertiary/aromatic N) is 1. The Balaban J connectivity index is 1.71. The van der Waals surface area contributed by atoms with Gasteiger partial charge >= 0.3 is 12.1 Å². The molecule has 2 bridgehead atoms. The zero-order valence-electron chi connectivity index (χ0n) is 13.4. The van der Waals surface area contributed by atoms with Crippen molar-refractivity contribution in [2.24, 2.45) is 11.3 Å². The van der Waals surface area contributed by atoms with E-state index in [1.54, 1.807) is 4.90 Å². The van der Waals surface area contributed by atoms with Gasteiger partial charge in [0.05, 0.1) is 19.1 Å². The number of piperidine rings is 1. The third-order valence-corrected chi connectivity index (χ3v) is 4.63. The topological polar surface area (TPSA) is 55.8 Å². The zero-order valence-corrected chi connectivity index (χ0v) is 13.4. The summed E-state index contributed by atoms with van der Waals surface area (Å²) in [6, 6.07) is 9.27. The Morgan fingerprint density at radius 3 is 2.70 bits per heavy atom. The van der Waals surface area contributed by atoms with E-state index < -0.39 is 0 Å². The van der Waals surface area contributed by atoms with Gasteiger partial charge in [-0.15, -0.1) is 0 Å². The van der Waals surface area contributed by atoms with Crippen molar-refractivity contribution in [3.05, 3.63) is 48.0 Å². The van der Waals surface area contributed by atoms with Crippen LogP contribution in [0, 0.1) is 11.3 Å². The molecule has 0 saturated carbocycles. The largest absolute Gasteiger partial charge is 0.469 e. The van der Waals surface area contributed by atoms with Crippen molar-refractivity contribution in [1.29, 1.82) is 0 Å². The SMILES string of the molecule is COC(=O)C1CC2(C)C=CC1N(C(=O)OCc1ccccc1)C2. The number of hydrogen-bond donors (Lipinski definition) is 0. The van der Waals surface area contributed by atoms with Gasteiger partial charge in [0.15, 0.2) is 0 Å². The van der Waals surface area contributed by atoms with Crippen LogP contribution in [0.5, 0.6) is 0 Å². The van der Waals surface area contributed by atoms with Gasteiger partial charge in [-0.25, -0.2) is 4.79 Å². The Morgan fingerprint density at radius 1 is 1.30 bits per heavy atom. The van der Waals surface area contributed by atoms with Gasteiger partial charge in [-0.2, -0.15) is 0 Å². The average Bonchev–Trinajstić information content (AvgIpc) is 2.59. The summed E-state index contributed by atoms with van der Waals surface area (Å²) in [5.74, 6) is -0.598. The molecule has 2 heterocycles. The number of rotatable bonds is 3. The van der Waals surface area contributed by atoms with Crippen molar-refractivity contribution < 1.29 is 19.1 Å². The van der Waals surface area contributed by atoms with Crippen LogP contribution in [0.4, 0.5) is 4.79 Å². The first kappa shape index (κ1) is 15.6. The zero-order chi connectivity index (χ0) is 16.4. The summed E-state index contributed by atoms with van der Waals surface area (Å²) < 4.78 is 10.3. The molecule has 3 unspecified atom stereocenters. The predicted octanol–water partition coefficient (Wildman–Crippen LogP) is 2.76. The van der Waals surface area contributed by atoms with Gasteiger partial charge in [-0.05, 0) is 12.0 Å². The van der Waals surface area contributed by atoms with Gasteiger partial charge in [-0.1, -0.05) is 49.4 Å². The first-order chi connectivity index (χ1) is 11.0. The fourth-order valence-corrected chi connectivity index (χ4v) is 3.45. The second kappa shape index (κ2) is 6.07. The van der Waals surface area contributed by atoms with Crippen molar-refractivity contribution >= 4 is 12.1 Å². The molecule has 4 rings (SSSR count). The Kier molecular flexibility index (Phi) is 4.11. The van der Waals surface area contributed by atoms with Crippen molar-refractivity contribution in [1.82, 2.24) is 4.90 Å². The fraction of sp³-hybridized carbons (Fsp3) is 0.444. The number of fused-ring (bicyclic) bond motifs is 2. The normalized spacial score (nSPS) is 28.5. The van der Waals surface area contributed by atoms with Gasteiger partial charge in [0.2, 0.25) is 0 Å². The maximum atomic E-state index is 12.5. The molecule has 1 aliphatic carbocycles. The van der Waals surface area contributed by atoms with Gasteiger partial charge in [-0.3, -0.25) is 4.79 Å². The predicted molar refractivity (Wildman–Crippen MR) is 84.5 cm³/mol. The summed E-state index contributed by atoms with van der Waals surface area (Å²) in [4.78, 5) is 26.1. The van der Waals surface area contributed by atoms with E-state index in [9.17, 15) is 9.59 Å². The number of hydrogen-bond acceptors (Lipinski definition) is 4. The molecule has 5 heteroatoms. The van der Waals surface area contributed by atoms with Crippen LogP contribution in [0.25, 0.3) is 0 Å². The summed E-state index contributed by atoms with van der Waals surface area (Å²) in [7, 11) is 1.38. The van der Waals surface area contributed by atoms with Crippen LogP contribution < -0.4 is 0 Å². The highest BCUT2D eigenvalue weighted by molar-refractivity contribution is 5.77. The number of carbonyl (C=O) groups excluding carboxylic acids is 2. The lowest BCUT2D eigenvalue weighted by molar-refractivity contribution is -0.150. The smallest absolute Gasteiger partial charge is 0.410 e. The molecule has 1 fully saturated rings. The summed E-state index contributed by atoms with van der Waals surface area (Å²) in [6.07, 6.45) is 4.34. The number of esters is 1. The Hall–Kier alpha value is -2.30. The average molecular weight is 315 g/mol. The van der Waals surface area contributed by atoms with E-state index in [1.807, 2.05) is 43.3 Å². The third-order valence-electron chi connectivity index (χ3n) is 4.63. The summed E-state index contributed by atoms with van der Waals surface area (Å²) in [5, 5.41) is 0. The molecular formula is C18H21NO4. The van der Waals surface area contributed by atoms with E-state index in [2.05, 4.69) is 6.08 Å². The van der Waals surface area contributed by atoms with E-state index in [0.717, 1.165) is 5.56 Å². The fourth-order valence-electron chi connectivity index (χ4n) is 3.45. The summed E-state index contributed by atoms with van der Waals surface area (Å²) in [5.41, 5.74) is 0.730. The minimum Gasteiger partial charge on any atom is -0.469 e. The maximum absolute atomic E-state index is 12.5. The second-order valence-corrected chi connectivity index (χ2v) is 6.51. The van der Waals surface area contributed by atoms with Crippen LogP contribution in [-0.4, -0.2) is 36.7 Å². The number of methoxy groups -OCH3 is 1. The van der Waals surface area contributed by atoms with E-state index >= 15 is 0 Å². The second-order valence-electron chi connectivity index (χ2n) is 6.51. The molecule has 3 atom stereocenters. The maximum Gasteiger partial charge on any atom is 0.410 e. The van der Waals surface area contributed by atoms with Crippen LogP contribution in [-0.2, 0) is 20.9 Å². The lowest BCUT2D eigenvalue weighted by atomic mass is 9.68. The van der Waals surface area contributed by atoms with Crippen LogP contribution in [0.15, 0.2) is 42.5 Å². The van der Waals surface area contributed by atoms with E-state index in [-0.39, 0.29) is 36.0 Å². The Morgan fingerprint density at radius 2 is 2.04 bits per heavy atom. The Labute approximate surface area is 135 Å². The van der Waals surface area contributed by atoms with Crippen molar-refractivity contribution in [2.45, 2.75) is 26.0 Å². The highest BCUT2D eigenvalue weighted by Gasteiger charge is 2.49. The summed E-state index contributed by atoms with van der Waals surface area (Å²) >= 11 is 0. The number of carbonyl (C=O) groups is 2. The van der Waals surface area contributed by atoms with E-state index in [0.29, 0.717) is 13.0 Å². The first-order valence-electron chi connectivity index (χ1n) is 7.77. The van der Waals surface area contributed by atoms with Crippen LogP contribution in [0.2, 0.25) is 0 Å². The van der Waals surface area contributed by atoms with Crippen molar-refractivity contribution in [3.63, 3.8) is 0 Å². The molecule has 2 aliphatic heterocycles. The molecule has 0 radical (unpaired) electrons. The third kappa shape index (κ3) is 3.09. The van der Waals surface area contributed by atoms with Gasteiger partial charge in [0.1, 0.15) is 6.61 Å². The molecule has 1 saturated heterocycles. The summed E-state index contributed by atoms with van der Waals surface area (Å²) in [6.45, 7) is 2.84. The molecule has 5 nitrogen and oxygen atoms in total. The number of benzene rings is 1. The van der Waals surface area contributed by atoms with Crippen LogP contribution >= 0.6 is 0 Å². The molecule has 1 aromatic rings. The lowest BCUT2D eigenvalue weighted by Gasteiger charge is -2.49. The molecule has 23 heavy (non-hydrogen) atoms. The van der Waals surface area contributed by atoms with E-state index in [4.69, 9.17) is 9.47 Å². The molecule has 1 aromatic carbocycles. The minimum absolute atomic E-state index is 0.209. The molecule has 122 valence electrons.